The number of piperidine rings is 1. The van der Waals surface area contributed by atoms with Crippen molar-refractivity contribution in [2.24, 2.45) is 5.73 Å². The van der Waals surface area contributed by atoms with Crippen molar-refractivity contribution in [3.63, 3.8) is 0 Å². The molecule has 0 unspecified atom stereocenters. The lowest BCUT2D eigenvalue weighted by Crippen LogP contribution is -2.43. The maximum absolute atomic E-state index is 5.48. The van der Waals surface area contributed by atoms with Crippen LogP contribution in [0.15, 0.2) is 24.5 Å². The summed E-state index contributed by atoms with van der Waals surface area (Å²) in [6, 6.07) is 4.79. The van der Waals surface area contributed by atoms with Crippen molar-refractivity contribution < 1.29 is 0 Å². The fraction of sp³-hybridized carbons (Fsp3) is 0.583. The number of nitrogens with zero attached hydrogens (tertiary/aromatic N) is 2. The number of hydrogen-bond donors (Lipinski definition) is 2. The highest BCUT2D eigenvalue weighted by Crippen LogP contribution is 2.18. The van der Waals surface area contributed by atoms with Gasteiger partial charge in [0.25, 0.3) is 0 Å². The van der Waals surface area contributed by atoms with Crippen LogP contribution in [-0.4, -0.2) is 37.2 Å². The fourth-order valence-corrected chi connectivity index (χ4v) is 2.18. The highest BCUT2D eigenvalue weighted by Gasteiger charge is 2.18. The van der Waals surface area contributed by atoms with Gasteiger partial charge < -0.3 is 16.0 Å². The highest BCUT2D eigenvalue weighted by molar-refractivity contribution is 5.44. The Morgan fingerprint density at radius 2 is 2.00 bits per heavy atom. The van der Waals surface area contributed by atoms with E-state index in [0.717, 1.165) is 26.2 Å². The SMILES string of the molecule is NCCNC1CCN(c2ccncc2)CC1. The van der Waals surface area contributed by atoms with Gasteiger partial charge in [-0.05, 0) is 25.0 Å². The van der Waals surface area contributed by atoms with Crippen molar-refractivity contribution in [3.8, 4) is 0 Å². The van der Waals surface area contributed by atoms with Gasteiger partial charge in [-0.1, -0.05) is 0 Å². The molecule has 0 aliphatic carbocycles. The molecule has 1 aromatic heterocycles. The molecule has 1 aliphatic rings. The zero-order chi connectivity index (χ0) is 11.2. The molecule has 0 bridgehead atoms. The third-order valence-corrected chi connectivity index (χ3v) is 3.10. The van der Waals surface area contributed by atoms with Crippen molar-refractivity contribution in [2.75, 3.05) is 31.1 Å². The van der Waals surface area contributed by atoms with Crippen LogP contribution in [0.2, 0.25) is 0 Å². The van der Waals surface area contributed by atoms with E-state index in [0.29, 0.717) is 6.04 Å². The van der Waals surface area contributed by atoms with Crippen LogP contribution in [-0.2, 0) is 0 Å². The van der Waals surface area contributed by atoms with Crippen molar-refractivity contribution in [1.82, 2.24) is 10.3 Å². The molecule has 4 heteroatoms. The van der Waals surface area contributed by atoms with Crippen molar-refractivity contribution in [3.05, 3.63) is 24.5 Å². The normalized spacial score (nSPS) is 17.7. The number of hydrogen-bond acceptors (Lipinski definition) is 4. The summed E-state index contributed by atoms with van der Waals surface area (Å²) in [5.41, 5.74) is 6.77. The molecule has 1 fully saturated rings. The Morgan fingerprint density at radius 1 is 1.31 bits per heavy atom. The molecule has 1 aliphatic heterocycles. The van der Waals surface area contributed by atoms with Gasteiger partial charge in [-0.3, -0.25) is 4.98 Å². The maximum Gasteiger partial charge on any atom is 0.0397 e. The molecule has 16 heavy (non-hydrogen) atoms. The van der Waals surface area contributed by atoms with Gasteiger partial charge in [0.15, 0.2) is 0 Å². The monoisotopic (exact) mass is 220 g/mol. The fourth-order valence-electron chi connectivity index (χ4n) is 2.18. The minimum atomic E-state index is 0.640. The van der Waals surface area contributed by atoms with E-state index in [9.17, 15) is 0 Å². The first-order chi connectivity index (χ1) is 7.90. The predicted molar refractivity (Wildman–Crippen MR) is 66.5 cm³/mol. The summed E-state index contributed by atoms with van der Waals surface area (Å²) in [6.45, 7) is 3.89. The molecule has 0 spiro atoms. The van der Waals surface area contributed by atoms with Gasteiger partial charge in [0.2, 0.25) is 0 Å². The molecular formula is C12H20N4. The minimum absolute atomic E-state index is 0.640. The first-order valence-electron chi connectivity index (χ1n) is 5.98. The van der Waals surface area contributed by atoms with Gasteiger partial charge in [-0.2, -0.15) is 0 Å². The molecule has 0 saturated carbocycles. The van der Waals surface area contributed by atoms with Gasteiger partial charge >= 0.3 is 0 Å². The molecule has 1 aromatic rings. The summed E-state index contributed by atoms with van der Waals surface area (Å²) in [6.07, 6.45) is 6.10. The minimum Gasteiger partial charge on any atom is -0.371 e. The Labute approximate surface area is 96.8 Å². The van der Waals surface area contributed by atoms with Crippen LogP contribution < -0.4 is 16.0 Å². The number of nitrogens with two attached hydrogens (primary N) is 1. The molecule has 0 atom stereocenters. The quantitative estimate of drug-likeness (QED) is 0.780. The number of aromatic nitrogens is 1. The Balaban J connectivity index is 1.81. The van der Waals surface area contributed by atoms with Gasteiger partial charge in [0, 0.05) is 50.3 Å². The lowest BCUT2D eigenvalue weighted by atomic mass is 10.0. The van der Waals surface area contributed by atoms with E-state index in [1.807, 2.05) is 12.4 Å². The third-order valence-electron chi connectivity index (χ3n) is 3.10. The lowest BCUT2D eigenvalue weighted by molar-refractivity contribution is 0.419. The number of rotatable bonds is 4. The van der Waals surface area contributed by atoms with Crippen LogP contribution in [0, 0.1) is 0 Å². The Morgan fingerprint density at radius 3 is 2.62 bits per heavy atom. The van der Waals surface area contributed by atoms with E-state index < -0.39 is 0 Å². The van der Waals surface area contributed by atoms with Crippen LogP contribution in [0.4, 0.5) is 5.69 Å². The van der Waals surface area contributed by atoms with E-state index in [4.69, 9.17) is 5.73 Å². The topological polar surface area (TPSA) is 54.2 Å². The van der Waals surface area contributed by atoms with Crippen LogP contribution >= 0.6 is 0 Å². The van der Waals surface area contributed by atoms with Gasteiger partial charge in [0.05, 0.1) is 0 Å². The molecule has 88 valence electrons. The molecule has 0 aromatic carbocycles. The molecular weight excluding hydrogens is 200 g/mol. The van der Waals surface area contributed by atoms with Crippen LogP contribution in [0.3, 0.4) is 0 Å². The molecule has 0 radical (unpaired) electrons. The van der Waals surface area contributed by atoms with E-state index in [2.05, 4.69) is 27.3 Å². The first kappa shape index (κ1) is 11.4. The summed E-state index contributed by atoms with van der Waals surface area (Å²) in [7, 11) is 0. The van der Waals surface area contributed by atoms with E-state index in [1.165, 1.54) is 18.5 Å². The standard InChI is InChI=1S/C12H20N4/c13-5-8-15-11-3-9-16(10-4-11)12-1-6-14-7-2-12/h1-2,6-7,11,15H,3-5,8-10,13H2. The number of pyridine rings is 1. The van der Waals surface area contributed by atoms with E-state index >= 15 is 0 Å². The molecule has 3 N–H and O–H groups in total. The van der Waals surface area contributed by atoms with Crippen LogP contribution in [0.25, 0.3) is 0 Å². The molecule has 1 saturated heterocycles. The summed E-state index contributed by atoms with van der Waals surface area (Å²) in [5.74, 6) is 0. The van der Waals surface area contributed by atoms with Gasteiger partial charge in [-0.15, -0.1) is 0 Å². The first-order valence-corrected chi connectivity index (χ1v) is 5.98. The third kappa shape index (κ3) is 2.93. The number of nitrogens with one attached hydrogen (secondary N) is 1. The molecule has 2 rings (SSSR count). The van der Waals surface area contributed by atoms with Gasteiger partial charge in [0.1, 0.15) is 0 Å². The average Bonchev–Trinajstić information content (AvgIpc) is 2.38. The summed E-state index contributed by atoms with van der Waals surface area (Å²) in [5, 5.41) is 3.48. The van der Waals surface area contributed by atoms with Crippen LogP contribution in [0.5, 0.6) is 0 Å². The zero-order valence-electron chi connectivity index (χ0n) is 9.60. The summed E-state index contributed by atoms with van der Waals surface area (Å²) >= 11 is 0. The van der Waals surface area contributed by atoms with Gasteiger partial charge in [-0.25, -0.2) is 0 Å². The average molecular weight is 220 g/mol. The second-order valence-corrected chi connectivity index (χ2v) is 4.21. The summed E-state index contributed by atoms with van der Waals surface area (Å²) < 4.78 is 0. The second kappa shape index (κ2) is 5.82. The highest BCUT2D eigenvalue weighted by atomic mass is 15.1. The summed E-state index contributed by atoms with van der Waals surface area (Å²) in [4.78, 5) is 6.46. The molecule has 2 heterocycles. The van der Waals surface area contributed by atoms with E-state index in [-0.39, 0.29) is 0 Å². The van der Waals surface area contributed by atoms with E-state index in [1.54, 1.807) is 0 Å². The second-order valence-electron chi connectivity index (χ2n) is 4.21. The van der Waals surface area contributed by atoms with Crippen molar-refractivity contribution in [2.45, 2.75) is 18.9 Å². The number of anilines is 1. The lowest BCUT2D eigenvalue weighted by Gasteiger charge is -2.33. The molecule has 0 amide bonds. The largest absolute Gasteiger partial charge is 0.371 e. The zero-order valence-corrected chi connectivity index (χ0v) is 9.60. The maximum atomic E-state index is 5.48. The predicted octanol–water partition coefficient (Wildman–Crippen LogP) is 0.599. The Kier molecular flexibility index (Phi) is 4.13. The Hall–Kier alpha value is -1.13. The Bertz CT molecular complexity index is 293. The van der Waals surface area contributed by atoms with Crippen LogP contribution in [0.1, 0.15) is 12.8 Å². The molecule has 4 nitrogen and oxygen atoms in total. The van der Waals surface area contributed by atoms with Crippen molar-refractivity contribution >= 4 is 5.69 Å². The van der Waals surface area contributed by atoms with Crippen molar-refractivity contribution in [1.29, 1.82) is 0 Å². The smallest absolute Gasteiger partial charge is 0.0397 e.